The summed E-state index contributed by atoms with van der Waals surface area (Å²) in [5, 5.41) is 4.68. The van der Waals surface area contributed by atoms with E-state index >= 15 is 0 Å². The summed E-state index contributed by atoms with van der Waals surface area (Å²) in [5.74, 6) is 1.76. The molecule has 0 unspecified atom stereocenters. The Morgan fingerprint density at radius 3 is 1.04 bits per heavy atom. The van der Waals surface area contributed by atoms with E-state index < -0.39 is 0 Å². The smallest absolute Gasteiger partial charge is 0.220 e. The van der Waals surface area contributed by atoms with Crippen LogP contribution in [0.1, 0.15) is 0 Å². The number of hydrogen-bond acceptors (Lipinski definition) is 2. The molecule has 0 aliphatic carbocycles. The number of benzene rings is 10. The maximum absolute atomic E-state index is 5.64. The Labute approximate surface area is 399 Å². The van der Waals surface area contributed by atoms with Gasteiger partial charge in [0.05, 0.1) is 66.5 Å². The molecule has 16 aromatic rings. The maximum Gasteiger partial charge on any atom is 0.220 e. The molecule has 0 saturated carbocycles. The lowest BCUT2D eigenvalue weighted by Gasteiger charge is -2.18. The molecule has 8 heteroatoms. The van der Waals surface area contributed by atoms with Crippen LogP contribution in [0.4, 0.5) is 0 Å². The minimum Gasteiger partial charge on any atom is -0.306 e. The van der Waals surface area contributed by atoms with Crippen molar-refractivity contribution < 1.29 is 0 Å². The first-order valence-electron chi connectivity index (χ1n) is 23.8. The second kappa shape index (κ2) is 13.9. The largest absolute Gasteiger partial charge is 0.306 e. The molecular formula is C62H38N8. The van der Waals surface area contributed by atoms with Crippen LogP contribution in [0.2, 0.25) is 0 Å². The van der Waals surface area contributed by atoms with Crippen molar-refractivity contribution in [2.45, 2.75) is 0 Å². The van der Waals surface area contributed by atoms with Gasteiger partial charge < -0.3 is 9.13 Å². The number of hydrogen-bond donors (Lipinski definition) is 0. The van der Waals surface area contributed by atoms with Crippen LogP contribution < -0.4 is 0 Å². The van der Waals surface area contributed by atoms with Crippen molar-refractivity contribution in [3.05, 3.63) is 231 Å². The van der Waals surface area contributed by atoms with Crippen molar-refractivity contribution in [1.82, 2.24) is 37.0 Å². The van der Waals surface area contributed by atoms with Gasteiger partial charge in [0.1, 0.15) is 11.0 Å². The Morgan fingerprint density at radius 1 is 0.243 bits per heavy atom. The molecule has 0 radical (unpaired) electrons. The number of rotatable bonds is 5. The Kier molecular flexibility index (Phi) is 7.46. The van der Waals surface area contributed by atoms with Crippen LogP contribution in [0.25, 0.3) is 133 Å². The van der Waals surface area contributed by atoms with Crippen molar-refractivity contribution in [3.63, 3.8) is 0 Å². The number of para-hydroxylation sites is 10. The van der Waals surface area contributed by atoms with Crippen molar-refractivity contribution >= 4 is 99.3 Å². The minimum atomic E-state index is 0.878. The Bertz CT molecular complexity index is 4520. The summed E-state index contributed by atoms with van der Waals surface area (Å²) in [4.78, 5) is 11.3. The minimum absolute atomic E-state index is 0.878. The van der Waals surface area contributed by atoms with E-state index in [4.69, 9.17) is 9.97 Å². The highest BCUT2D eigenvalue weighted by Crippen LogP contribution is 2.44. The van der Waals surface area contributed by atoms with Gasteiger partial charge in [-0.3, -0.25) is 17.9 Å². The van der Waals surface area contributed by atoms with Crippen LogP contribution in [0.15, 0.2) is 231 Å². The van der Waals surface area contributed by atoms with Gasteiger partial charge in [0.15, 0.2) is 0 Å². The summed E-state index contributed by atoms with van der Waals surface area (Å²) in [6.45, 7) is 0. The monoisotopic (exact) mass is 894 g/mol. The molecule has 6 aromatic heterocycles. The first-order valence-corrected chi connectivity index (χ1v) is 23.8. The summed E-state index contributed by atoms with van der Waals surface area (Å²) in [6.07, 6.45) is 0. The first-order chi connectivity index (χ1) is 34.8. The highest BCUT2D eigenvalue weighted by Gasteiger charge is 2.26. The zero-order chi connectivity index (χ0) is 45.6. The second-order valence-electron chi connectivity index (χ2n) is 18.2. The van der Waals surface area contributed by atoms with Crippen LogP contribution >= 0.6 is 0 Å². The van der Waals surface area contributed by atoms with Crippen molar-refractivity contribution in [2.24, 2.45) is 0 Å². The SMILES string of the molecule is c1ccc(-n2c3ccccc3n3c4ccc5c6ccccc6n(-c6ccccc6-c6ccccc6-n6c7ccccc7c7ccc8c(nc9n(-c%10ccccc%10)c%10ccccc%10n89)c76)c5c4nc23)cc1. The summed E-state index contributed by atoms with van der Waals surface area (Å²) >= 11 is 0. The zero-order valence-corrected chi connectivity index (χ0v) is 37.5. The van der Waals surface area contributed by atoms with Gasteiger partial charge in [-0.05, 0) is 97.1 Å². The van der Waals surface area contributed by atoms with Gasteiger partial charge in [-0.2, -0.15) is 0 Å². The van der Waals surface area contributed by atoms with E-state index in [-0.39, 0.29) is 0 Å². The molecule has 0 fully saturated rings. The molecule has 0 bridgehead atoms. The van der Waals surface area contributed by atoms with Gasteiger partial charge in [-0.15, -0.1) is 0 Å². The molecule has 0 aliphatic rings. The summed E-state index contributed by atoms with van der Waals surface area (Å²) in [6, 6.07) is 82.8. The van der Waals surface area contributed by atoms with Gasteiger partial charge in [-0.25, -0.2) is 9.97 Å². The Hall–Kier alpha value is -9.66. The van der Waals surface area contributed by atoms with E-state index in [2.05, 4.69) is 258 Å². The number of imidazole rings is 4. The zero-order valence-electron chi connectivity index (χ0n) is 37.5. The average Bonchev–Trinajstić information content (AvgIpc) is 4.27. The van der Waals surface area contributed by atoms with E-state index in [0.717, 1.165) is 122 Å². The highest BCUT2D eigenvalue weighted by molar-refractivity contribution is 6.20. The summed E-state index contributed by atoms with van der Waals surface area (Å²) in [7, 11) is 0. The Morgan fingerprint density at radius 2 is 0.600 bits per heavy atom. The molecular weight excluding hydrogens is 857 g/mol. The fraction of sp³-hybridized carbons (Fsp3) is 0. The maximum atomic E-state index is 5.64. The van der Waals surface area contributed by atoms with E-state index in [1.54, 1.807) is 0 Å². The van der Waals surface area contributed by atoms with Crippen molar-refractivity contribution in [2.75, 3.05) is 0 Å². The van der Waals surface area contributed by atoms with E-state index in [9.17, 15) is 0 Å². The molecule has 8 nitrogen and oxygen atoms in total. The van der Waals surface area contributed by atoms with Crippen LogP contribution in [0, 0.1) is 0 Å². The van der Waals surface area contributed by atoms with Crippen LogP contribution in [-0.2, 0) is 0 Å². The Balaban J connectivity index is 0.991. The molecule has 0 aliphatic heterocycles. The molecule has 0 atom stereocenters. The van der Waals surface area contributed by atoms with Gasteiger partial charge in [-0.1, -0.05) is 133 Å². The number of fused-ring (bicyclic) bond motifs is 18. The van der Waals surface area contributed by atoms with Gasteiger partial charge in [0.2, 0.25) is 11.6 Å². The van der Waals surface area contributed by atoms with Crippen LogP contribution in [0.3, 0.4) is 0 Å². The molecule has 0 saturated heterocycles. The topological polar surface area (TPSA) is 54.3 Å². The first kappa shape index (κ1) is 37.4. The molecule has 0 amide bonds. The molecule has 326 valence electrons. The van der Waals surface area contributed by atoms with Crippen LogP contribution in [-0.4, -0.2) is 37.0 Å². The third-order valence-corrected chi connectivity index (χ3v) is 14.6. The molecule has 70 heavy (non-hydrogen) atoms. The predicted octanol–water partition coefficient (Wildman–Crippen LogP) is 15.0. The fourth-order valence-corrected chi connectivity index (χ4v) is 11.8. The van der Waals surface area contributed by atoms with Gasteiger partial charge in [0.25, 0.3) is 0 Å². The summed E-state index contributed by atoms with van der Waals surface area (Å²) < 4.78 is 14.1. The predicted molar refractivity (Wildman–Crippen MR) is 287 cm³/mol. The van der Waals surface area contributed by atoms with E-state index in [0.29, 0.717) is 0 Å². The quantitative estimate of drug-likeness (QED) is 0.173. The number of nitrogens with zero attached hydrogens (tertiary/aromatic N) is 8. The lowest BCUT2D eigenvalue weighted by atomic mass is 10.0. The van der Waals surface area contributed by atoms with Gasteiger partial charge >= 0.3 is 0 Å². The average molecular weight is 895 g/mol. The highest BCUT2D eigenvalue weighted by atomic mass is 15.2. The van der Waals surface area contributed by atoms with Gasteiger partial charge in [0, 0.05) is 44.0 Å². The van der Waals surface area contributed by atoms with Crippen LogP contribution in [0.5, 0.6) is 0 Å². The third-order valence-electron chi connectivity index (χ3n) is 14.6. The third kappa shape index (κ3) is 4.88. The normalized spacial score (nSPS) is 12.3. The lowest BCUT2D eigenvalue weighted by molar-refractivity contribution is 1.11. The number of aromatic nitrogens is 8. The lowest BCUT2D eigenvalue weighted by Crippen LogP contribution is -2.02. The molecule has 10 aromatic carbocycles. The standard InChI is InChI=1S/C62H38N8/c1-3-19-39(20-4-1)65-51-31-15-17-33-53(51)69-55-37-35-45-43-25-9-13-29-49(43)67(59(45)57(55)63-61(65)69)47-27-11-7-23-41(47)42-24-8-12-28-48(42)68-50-30-14-10-26-44(50)46-36-38-56-58(60(46)68)64-62-66(40-21-5-2-6-22-40)52-32-16-18-34-54(52)70(56)62/h1-38H. The van der Waals surface area contributed by atoms with Crippen molar-refractivity contribution in [1.29, 1.82) is 0 Å². The molecule has 6 heterocycles. The van der Waals surface area contributed by atoms with Crippen molar-refractivity contribution in [3.8, 4) is 33.9 Å². The fourth-order valence-electron chi connectivity index (χ4n) is 11.8. The molecule has 0 spiro atoms. The van der Waals surface area contributed by atoms with E-state index in [1.165, 1.54) is 10.8 Å². The molecule has 16 rings (SSSR count). The summed E-state index contributed by atoms with van der Waals surface area (Å²) in [5.41, 5.74) is 19.4. The second-order valence-corrected chi connectivity index (χ2v) is 18.2. The molecule has 0 N–H and O–H groups in total. The van der Waals surface area contributed by atoms with E-state index in [1.807, 2.05) is 0 Å².